The maximum atomic E-state index is 10.1. The highest BCUT2D eigenvalue weighted by Gasteiger charge is 2.09. The molecular formula is C15H18O2S. The Bertz CT molecular complexity index is 460. The van der Waals surface area contributed by atoms with Crippen LogP contribution < -0.4 is 4.74 Å². The molecule has 2 rings (SSSR count). The minimum Gasteiger partial charge on any atom is -0.491 e. The van der Waals surface area contributed by atoms with Crippen molar-refractivity contribution in [1.82, 2.24) is 0 Å². The van der Waals surface area contributed by atoms with E-state index in [-0.39, 0.29) is 6.10 Å². The molecule has 2 nitrogen and oxygen atoms in total. The Morgan fingerprint density at radius 3 is 2.44 bits per heavy atom. The summed E-state index contributed by atoms with van der Waals surface area (Å²) in [7, 11) is 0. The standard InChI is InChI=1S/C15H18O2S/c1-11(2)17-14-5-3-13(4-6-14)15(16)9-12-7-8-18-10-12/h3-8,10-11,15-16H,9H2,1-2H3. The van der Waals surface area contributed by atoms with E-state index in [0.717, 1.165) is 11.3 Å². The lowest BCUT2D eigenvalue weighted by Crippen LogP contribution is -2.06. The highest BCUT2D eigenvalue weighted by atomic mass is 32.1. The van der Waals surface area contributed by atoms with Crippen molar-refractivity contribution in [2.24, 2.45) is 0 Å². The van der Waals surface area contributed by atoms with E-state index in [1.54, 1.807) is 11.3 Å². The quantitative estimate of drug-likeness (QED) is 0.887. The van der Waals surface area contributed by atoms with Crippen molar-refractivity contribution in [1.29, 1.82) is 0 Å². The monoisotopic (exact) mass is 262 g/mol. The third-order valence-corrected chi connectivity index (χ3v) is 3.38. The summed E-state index contributed by atoms with van der Waals surface area (Å²) in [5.41, 5.74) is 2.10. The zero-order valence-corrected chi connectivity index (χ0v) is 11.5. The molecule has 1 aromatic heterocycles. The number of ether oxygens (including phenoxy) is 1. The van der Waals surface area contributed by atoms with Crippen LogP contribution in [0.5, 0.6) is 5.75 Å². The number of hydrogen-bond acceptors (Lipinski definition) is 3. The number of rotatable bonds is 5. The van der Waals surface area contributed by atoms with E-state index >= 15 is 0 Å². The van der Waals surface area contributed by atoms with Crippen molar-refractivity contribution in [3.8, 4) is 5.75 Å². The summed E-state index contributed by atoms with van der Waals surface area (Å²) >= 11 is 1.65. The van der Waals surface area contributed by atoms with Crippen LogP contribution in [0.15, 0.2) is 41.1 Å². The van der Waals surface area contributed by atoms with E-state index in [1.165, 1.54) is 5.56 Å². The predicted octanol–water partition coefficient (Wildman–Crippen LogP) is 3.81. The highest BCUT2D eigenvalue weighted by Crippen LogP contribution is 2.22. The topological polar surface area (TPSA) is 29.5 Å². The molecule has 96 valence electrons. The molecule has 1 heterocycles. The highest BCUT2D eigenvalue weighted by molar-refractivity contribution is 7.07. The fourth-order valence-corrected chi connectivity index (χ4v) is 2.47. The second-order valence-corrected chi connectivity index (χ2v) is 5.37. The third kappa shape index (κ3) is 3.59. The van der Waals surface area contributed by atoms with Gasteiger partial charge in [0.25, 0.3) is 0 Å². The van der Waals surface area contributed by atoms with E-state index in [9.17, 15) is 5.11 Å². The summed E-state index contributed by atoms with van der Waals surface area (Å²) in [6.45, 7) is 4.00. The Morgan fingerprint density at radius 2 is 1.89 bits per heavy atom. The van der Waals surface area contributed by atoms with Gasteiger partial charge in [0, 0.05) is 6.42 Å². The van der Waals surface area contributed by atoms with Crippen LogP contribution in [-0.4, -0.2) is 11.2 Å². The summed E-state index contributed by atoms with van der Waals surface area (Å²) in [6, 6.07) is 9.71. The molecule has 3 heteroatoms. The molecule has 0 saturated heterocycles. The van der Waals surface area contributed by atoms with Crippen molar-refractivity contribution >= 4 is 11.3 Å². The molecule has 18 heavy (non-hydrogen) atoms. The number of hydrogen-bond donors (Lipinski definition) is 1. The largest absolute Gasteiger partial charge is 0.491 e. The molecule has 0 radical (unpaired) electrons. The molecular weight excluding hydrogens is 244 g/mol. The van der Waals surface area contributed by atoms with E-state index in [2.05, 4.69) is 5.38 Å². The second kappa shape index (κ2) is 6.03. The van der Waals surface area contributed by atoms with Crippen LogP contribution in [0, 0.1) is 0 Å². The summed E-state index contributed by atoms with van der Waals surface area (Å²) in [4.78, 5) is 0. The number of benzene rings is 1. The van der Waals surface area contributed by atoms with Gasteiger partial charge in [-0.25, -0.2) is 0 Å². The normalized spacial score (nSPS) is 12.7. The predicted molar refractivity (Wildman–Crippen MR) is 75.2 cm³/mol. The van der Waals surface area contributed by atoms with Crippen LogP contribution in [0.3, 0.4) is 0 Å². The van der Waals surface area contributed by atoms with E-state index < -0.39 is 6.10 Å². The molecule has 0 aliphatic rings. The van der Waals surface area contributed by atoms with Gasteiger partial charge in [0.05, 0.1) is 12.2 Å². The van der Waals surface area contributed by atoms with Crippen LogP contribution in [0.25, 0.3) is 0 Å². The van der Waals surface area contributed by atoms with Crippen LogP contribution in [-0.2, 0) is 6.42 Å². The first-order valence-corrected chi connectivity index (χ1v) is 7.05. The van der Waals surface area contributed by atoms with Gasteiger partial charge in [-0.05, 0) is 53.9 Å². The maximum Gasteiger partial charge on any atom is 0.119 e. The van der Waals surface area contributed by atoms with Crippen LogP contribution in [0.4, 0.5) is 0 Å². The van der Waals surface area contributed by atoms with Gasteiger partial charge in [-0.15, -0.1) is 0 Å². The van der Waals surface area contributed by atoms with Gasteiger partial charge in [-0.1, -0.05) is 12.1 Å². The van der Waals surface area contributed by atoms with Gasteiger partial charge in [0.1, 0.15) is 5.75 Å². The molecule has 0 bridgehead atoms. The van der Waals surface area contributed by atoms with E-state index in [0.29, 0.717) is 6.42 Å². The fourth-order valence-electron chi connectivity index (χ4n) is 1.79. The van der Waals surface area contributed by atoms with Crippen LogP contribution in [0.1, 0.15) is 31.1 Å². The minimum atomic E-state index is -0.451. The SMILES string of the molecule is CC(C)Oc1ccc(C(O)Cc2ccsc2)cc1. The minimum absolute atomic E-state index is 0.173. The van der Waals surface area contributed by atoms with Gasteiger partial charge in [-0.3, -0.25) is 0 Å². The fraction of sp³-hybridized carbons (Fsp3) is 0.333. The van der Waals surface area contributed by atoms with Gasteiger partial charge in [0.15, 0.2) is 0 Å². The molecule has 0 saturated carbocycles. The lowest BCUT2D eigenvalue weighted by molar-refractivity contribution is 0.178. The van der Waals surface area contributed by atoms with Gasteiger partial charge in [-0.2, -0.15) is 11.3 Å². The lowest BCUT2D eigenvalue weighted by atomic mass is 10.0. The molecule has 0 fully saturated rings. The van der Waals surface area contributed by atoms with Gasteiger partial charge >= 0.3 is 0 Å². The molecule has 2 aromatic rings. The number of aliphatic hydroxyl groups excluding tert-OH is 1. The van der Waals surface area contributed by atoms with Crippen molar-refractivity contribution in [2.75, 3.05) is 0 Å². The number of thiophene rings is 1. The lowest BCUT2D eigenvalue weighted by Gasteiger charge is -2.13. The van der Waals surface area contributed by atoms with E-state index in [4.69, 9.17) is 4.74 Å². The van der Waals surface area contributed by atoms with Gasteiger partial charge < -0.3 is 9.84 Å². The Balaban J connectivity index is 2.00. The first kappa shape index (κ1) is 13.1. The first-order chi connectivity index (χ1) is 8.65. The number of aliphatic hydroxyl groups is 1. The van der Waals surface area contributed by atoms with Crippen molar-refractivity contribution < 1.29 is 9.84 Å². The summed E-state index contributed by atoms with van der Waals surface area (Å²) in [6.07, 6.45) is 0.382. The zero-order valence-electron chi connectivity index (χ0n) is 10.7. The third-order valence-electron chi connectivity index (χ3n) is 2.65. The molecule has 1 N–H and O–H groups in total. The Labute approximate surface area is 112 Å². The van der Waals surface area contributed by atoms with Gasteiger partial charge in [0.2, 0.25) is 0 Å². The maximum absolute atomic E-state index is 10.1. The molecule has 0 spiro atoms. The summed E-state index contributed by atoms with van der Waals surface area (Å²) < 4.78 is 5.57. The average molecular weight is 262 g/mol. The zero-order chi connectivity index (χ0) is 13.0. The van der Waals surface area contributed by atoms with Crippen LogP contribution in [0.2, 0.25) is 0 Å². The molecule has 1 atom stereocenters. The summed E-state index contributed by atoms with van der Waals surface area (Å²) in [5.74, 6) is 0.844. The Kier molecular flexibility index (Phi) is 4.39. The van der Waals surface area contributed by atoms with Crippen LogP contribution >= 0.6 is 11.3 Å². The molecule has 1 unspecified atom stereocenters. The van der Waals surface area contributed by atoms with Crippen molar-refractivity contribution in [2.45, 2.75) is 32.5 Å². The van der Waals surface area contributed by atoms with Crippen molar-refractivity contribution in [3.05, 3.63) is 52.2 Å². The molecule has 0 aliphatic carbocycles. The second-order valence-electron chi connectivity index (χ2n) is 4.59. The molecule has 1 aromatic carbocycles. The average Bonchev–Trinajstić information content (AvgIpc) is 2.82. The summed E-state index contributed by atoms with van der Waals surface area (Å²) in [5, 5.41) is 14.2. The van der Waals surface area contributed by atoms with Crippen molar-refractivity contribution in [3.63, 3.8) is 0 Å². The van der Waals surface area contributed by atoms with E-state index in [1.807, 2.05) is 49.6 Å². The Hall–Kier alpha value is -1.32. The first-order valence-electron chi connectivity index (χ1n) is 6.11. The molecule has 0 aliphatic heterocycles. The molecule has 0 amide bonds. The smallest absolute Gasteiger partial charge is 0.119 e. The Morgan fingerprint density at radius 1 is 1.17 bits per heavy atom.